The van der Waals surface area contributed by atoms with Gasteiger partial charge in [0.25, 0.3) is 0 Å². The molecule has 1 heterocycles. The van der Waals surface area contributed by atoms with Gasteiger partial charge in [-0.1, -0.05) is 30.3 Å². The van der Waals surface area contributed by atoms with E-state index in [1.54, 1.807) is 17.2 Å². The predicted molar refractivity (Wildman–Crippen MR) is 69.8 cm³/mol. The van der Waals surface area contributed by atoms with Crippen LogP contribution in [-0.2, 0) is 4.84 Å². The number of halogens is 1. The third-order valence-corrected chi connectivity index (χ3v) is 3.21. The summed E-state index contributed by atoms with van der Waals surface area (Å²) in [5.74, 6) is -0.269. The van der Waals surface area contributed by atoms with Crippen molar-refractivity contribution in [3.8, 4) is 0 Å². The number of rotatable bonds is 2. The smallest absolute Gasteiger partial charge is 0.183 e. The van der Waals surface area contributed by atoms with Crippen LogP contribution in [0.15, 0.2) is 54.6 Å². The number of hydroxylamine groups is 1. The molecule has 1 fully saturated rings. The molecular weight excluding hydrogens is 245 g/mol. The van der Waals surface area contributed by atoms with Crippen LogP contribution in [0.25, 0.3) is 0 Å². The first kappa shape index (κ1) is 12.1. The zero-order valence-corrected chi connectivity index (χ0v) is 10.2. The maximum absolute atomic E-state index is 13.0. The van der Waals surface area contributed by atoms with Crippen LogP contribution < -0.4 is 5.06 Å². The SMILES string of the molecule is O[C@@H]1CC(c2ccc(F)cc2)N(c2ccccc2)O1. The fourth-order valence-corrected chi connectivity index (χ4v) is 2.31. The molecule has 3 rings (SSSR count). The van der Waals surface area contributed by atoms with Gasteiger partial charge in [-0.05, 0) is 29.8 Å². The first-order valence-electron chi connectivity index (χ1n) is 6.18. The fourth-order valence-electron chi connectivity index (χ4n) is 2.31. The summed E-state index contributed by atoms with van der Waals surface area (Å²) >= 11 is 0. The lowest BCUT2D eigenvalue weighted by Crippen LogP contribution is -2.21. The molecule has 2 aromatic carbocycles. The Bertz CT molecular complexity index is 544. The van der Waals surface area contributed by atoms with Crippen LogP contribution in [0.5, 0.6) is 0 Å². The predicted octanol–water partition coefficient (Wildman–Crippen LogP) is 3.03. The molecule has 1 unspecified atom stereocenters. The van der Waals surface area contributed by atoms with Crippen molar-refractivity contribution in [3.05, 3.63) is 66.0 Å². The van der Waals surface area contributed by atoms with Gasteiger partial charge < -0.3 is 5.11 Å². The maximum Gasteiger partial charge on any atom is 0.183 e. The largest absolute Gasteiger partial charge is 0.366 e. The Morgan fingerprint density at radius 3 is 2.42 bits per heavy atom. The first-order chi connectivity index (χ1) is 9.24. The molecule has 0 bridgehead atoms. The second-order valence-corrected chi connectivity index (χ2v) is 4.52. The van der Waals surface area contributed by atoms with E-state index in [1.807, 2.05) is 30.3 Å². The third kappa shape index (κ3) is 2.45. The molecule has 0 aromatic heterocycles. The summed E-state index contributed by atoms with van der Waals surface area (Å²) in [6.45, 7) is 0. The van der Waals surface area contributed by atoms with Gasteiger partial charge in [0.1, 0.15) is 5.82 Å². The summed E-state index contributed by atoms with van der Waals surface area (Å²) in [6.07, 6.45) is -0.379. The van der Waals surface area contributed by atoms with E-state index in [0.29, 0.717) is 6.42 Å². The molecule has 98 valence electrons. The number of para-hydroxylation sites is 1. The zero-order chi connectivity index (χ0) is 13.2. The number of anilines is 1. The van der Waals surface area contributed by atoms with Crippen molar-refractivity contribution in [3.63, 3.8) is 0 Å². The Kier molecular flexibility index (Phi) is 3.19. The summed E-state index contributed by atoms with van der Waals surface area (Å²) in [5, 5.41) is 11.4. The first-order valence-corrected chi connectivity index (χ1v) is 6.18. The van der Waals surface area contributed by atoms with Crippen molar-refractivity contribution >= 4 is 5.69 Å². The molecule has 1 aliphatic rings. The maximum atomic E-state index is 13.0. The standard InChI is InChI=1S/C15H14FNO2/c16-12-8-6-11(7-9-12)14-10-15(18)19-17(14)13-4-2-1-3-5-13/h1-9,14-15,18H,10H2/t14?,15-/m0/s1. The van der Waals surface area contributed by atoms with Gasteiger partial charge in [0.15, 0.2) is 6.29 Å². The molecule has 0 amide bonds. The van der Waals surface area contributed by atoms with Crippen molar-refractivity contribution in [2.75, 3.05) is 5.06 Å². The average Bonchev–Trinajstić information content (AvgIpc) is 2.83. The Labute approximate surface area is 110 Å². The highest BCUT2D eigenvalue weighted by atomic mass is 19.1. The number of hydrogen-bond acceptors (Lipinski definition) is 3. The van der Waals surface area contributed by atoms with Crippen molar-refractivity contribution in [2.24, 2.45) is 0 Å². The normalized spacial score (nSPS) is 22.7. The van der Waals surface area contributed by atoms with E-state index in [2.05, 4.69) is 0 Å². The van der Waals surface area contributed by atoms with Gasteiger partial charge in [-0.15, -0.1) is 0 Å². The molecule has 2 aromatic rings. The van der Waals surface area contributed by atoms with Gasteiger partial charge in [0, 0.05) is 6.42 Å². The number of benzene rings is 2. The summed E-state index contributed by atoms with van der Waals surface area (Å²) in [4.78, 5) is 5.44. The molecule has 0 aliphatic carbocycles. The number of nitrogens with zero attached hydrogens (tertiary/aromatic N) is 1. The van der Waals surface area contributed by atoms with Crippen LogP contribution in [0, 0.1) is 5.82 Å². The molecule has 0 spiro atoms. The Hall–Kier alpha value is -1.91. The van der Waals surface area contributed by atoms with Gasteiger partial charge in [-0.25, -0.2) is 14.3 Å². The fraction of sp³-hybridized carbons (Fsp3) is 0.200. The van der Waals surface area contributed by atoms with Crippen LogP contribution in [0.4, 0.5) is 10.1 Å². The highest BCUT2D eigenvalue weighted by Crippen LogP contribution is 2.37. The summed E-state index contributed by atoms with van der Waals surface area (Å²) in [7, 11) is 0. The van der Waals surface area contributed by atoms with Gasteiger partial charge in [-0.2, -0.15) is 0 Å². The highest BCUT2D eigenvalue weighted by Gasteiger charge is 2.33. The van der Waals surface area contributed by atoms with Crippen molar-refractivity contribution in [1.82, 2.24) is 0 Å². The van der Waals surface area contributed by atoms with Crippen LogP contribution in [-0.4, -0.2) is 11.4 Å². The lowest BCUT2D eigenvalue weighted by atomic mass is 10.0. The van der Waals surface area contributed by atoms with Gasteiger partial charge in [0.2, 0.25) is 0 Å². The lowest BCUT2D eigenvalue weighted by Gasteiger charge is -2.24. The van der Waals surface area contributed by atoms with Crippen LogP contribution in [0.3, 0.4) is 0 Å². The zero-order valence-electron chi connectivity index (χ0n) is 10.2. The van der Waals surface area contributed by atoms with E-state index in [0.717, 1.165) is 11.3 Å². The molecular formula is C15H14FNO2. The average molecular weight is 259 g/mol. The number of hydrogen-bond donors (Lipinski definition) is 1. The van der Waals surface area contributed by atoms with E-state index in [1.165, 1.54) is 12.1 Å². The monoisotopic (exact) mass is 259 g/mol. The summed E-state index contributed by atoms with van der Waals surface area (Å²) < 4.78 is 13.0. The van der Waals surface area contributed by atoms with Gasteiger partial charge in [-0.3, -0.25) is 0 Å². The quantitative estimate of drug-likeness (QED) is 0.899. The van der Waals surface area contributed by atoms with Gasteiger partial charge >= 0.3 is 0 Å². The molecule has 1 N–H and O–H groups in total. The van der Waals surface area contributed by atoms with E-state index < -0.39 is 6.29 Å². The van der Waals surface area contributed by atoms with Crippen molar-refractivity contribution in [2.45, 2.75) is 18.8 Å². The molecule has 2 atom stereocenters. The van der Waals surface area contributed by atoms with E-state index in [-0.39, 0.29) is 11.9 Å². The Balaban J connectivity index is 1.92. The van der Waals surface area contributed by atoms with Gasteiger partial charge in [0.05, 0.1) is 11.7 Å². The molecule has 4 heteroatoms. The van der Waals surface area contributed by atoms with E-state index in [9.17, 15) is 9.50 Å². The van der Waals surface area contributed by atoms with E-state index >= 15 is 0 Å². The minimum Gasteiger partial charge on any atom is -0.366 e. The summed E-state index contributed by atoms with van der Waals surface area (Å²) in [5.41, 5.74) is 1.79. The Morgan fingerprint density at radius 2 is 1.74 bits per heavy atom. The van der Waals surface area contributed by atoms with Crippen LogP contribution >= 0.6 is 0 Å². The minimum atomic E-state index is -0.838. The number of aliphatic hydroxyl groups is 1. The number of aliphatic hydroxyl groups excluding tert-OH is 1. The third-order valence-electron chi connectivity index (χ3n) is 3.21. The van der Waals surface area contributed by atoms with Crippen molar-refractivity contribution < 1.29 is 14.3 Å². The second-order valence-electron chi connectivity index (χ2n) is 4.52. The minimum absolute atomic E-state index is 0.113. The van der Waals surface area contributed by atoms with Crippen LogP contribution in [0.2, 0.25) is 0 Å². The molecule has 0 radical (unpaired) electrons. The molecule has 19 heavy (non-hydrogen) atoms. The molecule has 3 nitrogen and oxygen atoms in total. The van der Waals surface area contributed by atoms with Crippen LogP contribution in [0.1, 0.15) is 18.0 Å². The van der Waals surface area contributed by atoms with E-state index in [4.69, 9.17) is 4.84 Å². The summed E-state index contributed by atoms with van der Waals surface area (Å²) in [6, 6.07) is 15.7. The molecule has 1 aliphatic heterocycles. The Morgan fingerprint density at radius 1 is 1.05 bits per heavy atom. The topological polar surface area (TPSA) is 32.7 Å². The highest BCUT2D eigenvalue weighted by molar-refractivity contribution is 5.47. The second kappa shape index (κ2) is 4.99. The van der Waals surface area contributed by atoms with Crippen molar-refractivity contribution in [1.29, 1.82) is 0 Å². The molecule has 0 saturated carbocycles. The lowest BCUT2D eigenvalue weighted by molar-refractivity contribution is -0.0706. The molecule has 1 saturated heterocycles.